The van der Waals surface area contributed by atoms with Gasteiger partial charge in [-0.1, -0.05) is 70.4 Å². The lowest BCUT2D eigenvalue weighted by Gasteiger charge is -1.99. The van der Waals surface area contributed by atoms with Crippen molar-refractivity contribution >= 4 is 0 Å². The fourth-order valence-electron chi connectivity index (χ4n) is 1.55. The van der Waals surface area contributed by atoms with Crippen molar-refractivity contribution in [2.24, 2.45) is 10.9 Å². The Balaban J connectivity index is 0. The maximum Gasteiger partial charge on any atom is 0.0808 e. The molecule has 0 aromatic rings. The summed E-state index contributed by atoms with van der Waals surface area (Å²) in [6.45, 7) is 5.51. The first-order valence-electron chi connectivity index (χ1n) is 7.32. The highest BCUT2D eigenvalue weighted by atomic mass is 16.3. The van der Waals surface area contributed by atoms with E-state index in [4.69, 9.17) is 10.6 Å². The second kappa shape index (κ2) is 20.9. The van der Waals surface area contributed by atoms with Crippen LogP contribution < -0.4 is 5.73 Å². The van der Waals surface area contributed by atoms with Crippen molar-refractivity contribution in [1.82, 2.24) is 0 Å². The monoisotopic (exact) mass is 244 g/mol. The Kier molecular flexibility index (Phi) is 23.3. The van der Waals surface area contributed by atoms with E-state index in [9.17, 15) is 0 Å². The molecule has 0 spiro atoms. The second-order valence-electron chi connectivity index (χ2n) is 4.47. The molecule has 3 heteroatoms. The Hall–Kier alpha value is -0.440. The predicted molar refractivity (Wildman–Crippen MR) is 77.2 cm³/mol. The minimum absolute atomic E-state index is 0.458. The van der Waals surface area contributed by atoms with Crippen LogP contribution >= 0.6 is 0 Å². The van der Waals surface area contributed by atoms with Crippen LogP contribution in [0.1, 0.15) is 78.1 Å². The van der Waals surface area contributed by atoms with Crippen LogP contribution in [-0.4, -0.2) is 13.1 Å². The van der Waals surface area contributed by atoms with Gasteiger partial charge in [0.05, 0.1) is 6.54 Å². The molecule has 0 amide bonds. The fraction of sp³-hybridized carbons (Fsp3) is 1.00. The van der Waals surface area contributed by atoms with E-state index in [1.54, 1.807) is 0 Å². The first kappa shape index (κ1) is 18.9. The zero-order valence-electron chi connectivity index (χ0n) is 11.9. The number of rotatable bonds is 11. The van der Waals surface area contributed by atoms with Crippen LogP contribution in [0, 0.1) is 4.91 Å². The zero-order chi connectivity index (χ0) is 13.2. The molecule has 0 heterocycles. The molecule has 17 heavy (non-hydrogen) atoms. The van der Waals surface area contributed by atoms with Gasteiger partial charge in [-0.25, -0.2) is 0 Å². The molecule has 0 fully saturated rings. The fourth-order valence-corrected chi connectivity index (χ4v) is 1.55. The molecule has 3 nitrogen and oxygen atoms in total. The Bertz CT molecular complexity index is 119. The maximum absolute atomic E-state index is 9.15. The molecular formula is C14H32N2O. The van der Waals surface area contributed by atoms with Gasteiger partial charge < -0.3 is 5.73 Å². The Morgan fingerprint density at radius 2 is 1.24 bits per heavy atom. The zero-order valence-corrected chi connectivity index (χ0v) is 11.9. The van der Waals surface area contributed by atoms with Gasteiger partial charge in [0.1, 0.15) is 0 Å². The Morgan fingerprint density at radius 1 is 0.765 bits per heavy atom. The normalized spacial score (nSPS) is 9.59. The van der Waals surface area contributed by atoms with Crippen LogP contribution in [0.25, 0.3) is 0 Å². The first-order valence-corrected chi connectivity index (χ1v) is 7.32. The van der Waals surface area contributed by atoms with Crippen LogP contribution in [0.5, 0.6) is 0 Å². The van der Waals surface area contributed by atoms with Crippen LogP contribution in [0.2, 0.25) is 0 Å². The van der Waals surface area contributed by atoms with E-state index in [0.29, 0.717) is 6.54 Å². The van der Waals surface area contributed by atoms with Gasteiger partial charge in [-0.15, -0.1) is 0 Å². The third-order valence-electron chi connectivity index (χ3n) is 2.62. The molecule has 0 aromatic carbocycles. The van der Waals surface area contributed by atoms with Crippen LogP contribution in [0.15, 0.2) is 5.18 Å². The number of unbranched alkanes of at least 4 members (excludes halogenated alkanes) is 8. The van der Waals surface area contributed by atoms with E-state index in [0.717, 1.165) is 13.0 Å². The summed E-state index contributed by atoms with van der Waals surface area (Å²) in [5, 5.41) is 2.60. The molecule has 0 atom stereocenters. The largest absolute Gasteiger partial charge is 0.330 e. The van der Waals surface area contributed by atoms with E-state index in [1.807, 2.05) is 6.92 Å². The highest BCUT2D eigenvalue weighted by Gasteiger charge is 1.90. The molecule has 0 aromatic heterocycles. The van der Waals surface area contributed by atoms with Gasteiger partial charge in [0.15, 0.2) is 0 Å². The summed E-state index contributed by atoms with van der Waals surface area (Å²) in [7, 11) is 0. The van der Waals surface area contributed by atoms with Gasteiger partial charge in [0, 0.05) is 0 Å². The van der Waals surface area contributed by atoms with Crippen molar-refractivity contribution in [3.8, 4) is 0 Å². The van der Waals surface area contributed by atoms with Crippen LogP contribution in [0.4, 0.5) is 0 Å². The number of hydrogen-bond donors (Lipinski definition) is 1. The van der Waals surface area contributed by atoms with E-state index < -0.39 is 0 Å². The van der Waals surface area contributed by atoms with Crippen molar-refractivity contribution in [3.05, 3.63) is 4.91 Å². The molecule has 0 unspecified atom stereocenters. The summed E-state index contributed by atoms with van der Waals surface area (Å²) in [6, 6.07) is 0. The molecule has 0 bridgehead atoms. The van der Waals surface area contributed by atoms with E-state index >= 15 is 0 Å². The molecule has 0 saturated heterocycles. The van der Waals surface area contributed by atoms with Crippen molar-refractivity contribution in [2.45, 2.75) is 78.1 Å². The summed E-state index contributed by atoms with van der Waals surface area (Å²) < 4.78 is 0. The average molecular weight is 244 g/mol. The summed E-state index contributed by atoms with van der Waals surface area (Å²) in [4.78, 5) is 9.15. The van der Waals surface area contributed by atoms with Gasteiger partial charge in [0.2, 0.25) is 0 Å². The maximum atomic E-state index is 9.15. The van der Waals surface area contributed by atoms with Crippen molar-refractivity contribution < 1.29 is 0 Å². The Morgan fingerprint density at radius 3 is 1.53 bits per heavy atom. The van der Waals surface area contributed by atoms with Gasteiger partial charge in [0.25, 0.3) is 0 Å². The average Bonchev–Trinajstić information content (AvgIpc) is 2.34. The lowest BCUT2D eigenvalue weighted by atomic mass is 10.1. The summed E-state index contributed by atoms with van der Waals surface area (Å²) in [5.41, 5.74) is 5.41. The molecule has 0 aliphatic heterocycles. The topological polar surface area (TPSA) is 55.4 Å². The summed E-state index contributed by atoms with van der Waals surface area (Å²) >= 11 is 0. The molecule has 0 aliphatic carbocycles. The van der Waals surface area contributed by atoms with Gasteiger partial charge in [-0.2, -0.15) is 4.91 Å². The minimum atomic E-state index is 0.458. The van der Waals surface area contributed by atoms with Crippen LogP contribution in [0.3, 0.4) is 0 Å². The molecule has 0 rings (SSSR count). The van der Waals surface area contributed by atoms with Crippen molar-refractivity contribution in [1.29, 1.82) is 0 Å². The highest BCUT2D eigenvalue weighted by molar-refractivity contribution is 4.46. The lowest BCUT2D eigenvalue weighted by Crippen LogP contribution is -1.97. The van der Waals surface area contributed by atoms with Gasteiger partial charge >= 0.3 is 0 Å². The summed E-state index contributed by atoms with van der Waals surface area (Å²) in [6.07, 6.45) is 13.3. The smallest absolute Gasteiger partial charge is 0.0808 e. The number of nitroso groups, excluding NO2 is 1. The van der Waals surface area contributed by atoms with E-state index in [-0.39, 0.29) is 0 Å². The standard InChI is InChI=1S/C11H25N.C3H7NO/c1-2-3-4-5-6-7-8-9-10-11-12;1-2-3-4-5/h2-12H2,1H3;2-3H2,1H3. The van der Waals surface area contributed by atoms with Crippen molar-refractivity contribution in [2.75, 3.05) is 13.1 Å². The number of nitrogens with zero attached hydrogens (tertiary/aromatic N) is 1. The quantitative estimate of drug-likeness (QED) is 0.425. The molecule has 0 aliphatic rings. The van der Waals surface area contributed by atoms with Gasteiger partial charge in [-0.3, -0.25) is 0 Å². The Labute approximate surface area is 108 Å². The van der Waals surface area contributed by atoms with Crippen LogP contribution in [-0.2, 0) is 0 Å². The molecule has 0 saturated carbocycles. The summed E-state index contributed by atoms with van der Waals surface area (Å²) in [5.74, 6) is 0. The van der Waals surface area contributed by atoms with Crippen molar-refractivity contribution in [3.63, 3.8) is 0 Å². The van der Waals surface area contributed by atoms with E-state index in [1.165, 1.54) is 57.8 Å². The second-order valence-corrected chi connectivity index (χ2v) is 4.47. The van der Waals surface area contributed by atoms with E-state index in [2.05, 4.69) is 12.1 Å². The third-order valence-corrected chi connectivity index (χ3v) is 2.62. The predicted octanol–water partition coefficient (Wildman–Crippen LogP) is 4.64. The molecule has 104 valence electrons. The molecular weight excluding hydrogens is 212 g/mol. The third kappa shape index (κ3) is 25.7. The number of hydrogen-bond acceptors (Lipinski definition) is 3. The molecule has 2 N–H and O–H groups in total. The minimum Gasteiger partial charge on any atom is -0.330 e. The number of nitrogens with two attached hydrogens (primary N) is 1. The lowest BCUT2D eigenvalue weighted by molar-refractivity contribution is 0.567. The van der Waals surface area contributed by atoms with Gasteiger partial charge in [-0.05, 0) is 19.4 Å². The first-order chi connectivity index (χ1) is 8.33. The molecule has 0 radical (unpaired) electrons. The highest BCUT2D eigenvalue weighted by Crippen LogP contribution is 2.08. The SMILES string of the molecule is CCCCCCCCCCCN.CCCN=O.